The molecule has 2 atom stereocenters. The number of nitrogens with one attached hydrogen (secondary N) is 1. The number of carbonyl (C=O) groups is 1. The molecule has 0 bridgehead atoms. The molecule has 2 rings (SSSR count). The number of hydrogen-bond acceptors (Lipinski definition) is 5. The van der Waals surface area contributed by atoms with Gasteiger partial charge >= 0.3 is 13.7 Å². The first-order valence-electron chi connectivity index (χ1n) is 13.3. The van der Waals surface area contributed by atoms with Gasteiger partial charge in [-0.25, -0.2) is 4.57 Å². The Hall–Kier alpha value is -2.30. The van der Waals surface area contributed by atoms with E-state index >= 15 is 0 Å². The number of rotatable bonds is 12. The van der Waals surface area contributed by atoms with Gasteiger partial charge in [-0.05, 0) is 93.3 Å². The van der Waals surface area contributed by atoms with Crippen molar-refractivity contribution in [2.45, 2.75) is 107 Å². The van der Waals surface area contributed by atoms with Gasteiger partial charge in [0, 0.05) is 0 Å². The highest BCUT2D eigenvalue weighted by Crippen LogP contribution is 2.49. The second-order valence-corrected chi connectivity index (χ2v) is 10.2. The van der Waals surface area contributed by atoms with Crippen LogP contribution >= 0.6 is 7.75 Å². The molecule has 0 saturated heterocycles. The van der Waals surface area contributed by atoms with Gasteiger partial charge in [0.05, 0.1) is 6.10 Å². The Morgan fingerprint density at radius 2 is 1.33 bits per heavy atom. The second kappa shape index (κ2) is 15.1. The topological polar surface area (TPSA) is 73.9 Å². The van der Waals surface area contributed by atoms with Crippen LogP contribution in [0.3, 0.4) is 0 Å². The van der Waals surface area contributed by atoms with Gasteiger partial charge in [0.25, 0.3) is 0 Å². The standard InChI is InChI=1S/C27H40NO5P.C2H6/c1-9-22-19(7)26(25(12-4)24(11-3)23(22)10-2)33-34(30,32-21-16-14-13-15-17-21)28-20(8)27(29)31-18(5)6;1-2/h13-18,20H,9-12H2,1-8H3,(H,28,30);1-2H3/t20-,34?;/m0./s1. The Morgan fingerprint density at radius 1 is 0.833 bits per heavy atom. The maximum Gasteiger partial charge on any atom is 0.513 e. The van der Waals surface area contributed by atoms with Gasteiger partial charge in [-0.1, -0.05) is 59.7 Å². The van der Waals surface area contributed by atoms with Crippen molar-refractivity contribution in [2.24, 2.45) is 0 Å². The normalized spacial score (nSPS) is 13.3. The lowest BCUT2D eigenvalue weighted by Gasteiger charge is -2.28. The Morgan fingerprint density at radius 3 is 1.81 bits per heavy atom. The number of ether oxygens (including phenoxy) is 1. The quantitative estimate of drug-likeness (QED) is 0.228. The van der Waals surface area contributed by atoms with E-state index in [9.17, 15) is 9.36 Å². The minimum Gasteiger partial charge on any atom is -0.462 e. The van der Waals surface area contributed by atoms with E-state index in [0.717, 1.165) is 36.8 Å². The fourth-order valence-corrected chi connectivity index (χ4v) is 5.97. The zero-order valence-corrected chi connectivity index (χ0v) is 24.8. The summed E-state index contributed by atoms with van der Waals surface area (Å²) in [7, 11) is -4.02. The number of para-hydroxylation sites is 1. The molecular weight excluding hydrogens is 473 g/mol. The van der Waals surface area contributed by atoms with Crippen LogP contribution < -0.4 is 14.1 Å². The van der Waals surface area contributed by atoms with Gasteiger partial charge in [-0.2, -0.15) is 5.09 Å². The molecule has 0 aliphatic rings. The summed E-state index contributed by atoms with van der Waals surface area (Å²) in [5, 5.41) is 2.81. The maximum atomic E-state index is 14.2. The third-order valence-corrected chi connectivity index (χ3v) is 7.39. The summed E-state index contributed by atoms with van der Waals surface area (Å²) < 4.78 is 31.6. The van der Waals surface area contributed by atoms with Crippen molar-refractivity contribution in [3.05, 3.63) is 58.1 Å². The van der Waals surface area contributed by atoms with E-state index in [2.05, 4.69) is 32.8 Å². The smallest absolute Gasteiger partial charge is 0.462 e. The summed E-state index contributed by atoms with van der Waals surface area (Å²) in [4.78, 5) is 12.5. The van der Waals surface area contributed by atoms with Gasteiger partial charge in [-0.15, -0.1) is 0 Å². The van der Waals surface area contributed by atoms with Crippen LogP contribution in [0.1, 0.15) is 90.1 Å². The second-order valence-electron chi connectivity index (χ2n) is 8.61. The van der Waals surface area contributed by atoms with Gasteiger partial charge < -0.3 is 13.8 Å². The van der Waals surface area contributed by atoms with E-state index in [0.29, 0.717) is 11.5 Å². The molecule has 0 fully saturated rings. The molecular formula is C29H46NO5P. The molecule has 0 heterocycles. The minimum absolute atomic E-state index is 0.290. The highest BCUT2D eigenvalue weighted by atomic mass is 31.2. The molecule has 1 unspecified atom stereocenters. The Labute approximate surface area is 218 Å². The van der Waals surface area contributed by atoms with Crippen LogP contribution in [0.4, 0.5) is 0 Å². The highest BCUT2D eigenvalue weighted by molar-refractivity contribution is 7.52. The molecule has 1 N–H and O–H groups in total. The lowest BCUT2D eigenvalue weighted by atomic mass is 9.86. The largest absolute Gasteiger partial charge is 0.513 e. The predicted molar refractivity (Wildman–Crippen MR) is 149 cm³/mol. The Bertz CT molecular complexity index is 1020. The molecule has 7 heteroatoms. The number of carbonyl (C=O) groups excluding carboxylic acids is 1. The molecule has 0 aromatic heterocycles. The number of esters is 1. The molecule has 0 spiro atoms. The molecule has 0 aliphatic carbocycles. The third kappa shape index (κ3) is 8.11. The van der Waals surface area contributed by atoms with Crippen LogP contribution in [0.5, 0.6) is 11.5 Å². The minimum atomic E-state index is -4.02. The van der Waals surface area contributed by atoms with Crippen LogP contribution in [-0.2, 0) is 39.8 Å². The summed E-state index contributed by atoms with van der Waals surface area (Å²) in [5.41, 5.74) is 5.79. The first-order chi connectivity index (χ1) is 17.1. The number of hydrogen-bond donors (Lipinski definition) is 1. The van der Waals surface area contributed by atoms with Gasteiger partial charge in [0.15, 0.2) is 0 Å². The highest BCUT2D eigenvalue weighted by Gasteiger charge is 2.36. The molecule has 202 valence electrons. The maximum absolute atomic E-state index is 14.2. The number of benzene rings is 2. The van der Waals surface area contributed by atoms with Crippen molar-refractivity contribution in [3.8, 4) is 11.5 Å². The van der Waals surface area contributed by atoms with Gasteiger partial charge in [0.1, 0.15) is 17.5 Å². The summed E-state index contributed by atoms with van der Waals surface area (Å²) >= 11 is 0. The monoisotopic (exact) mass is 519 g/mol. The van der Waals surface area contributed by atoms with E-state index < -0.39 is 19.8 Å². The van der Waals surface area contributed by atoms with Crippen LogP contribution in [0.25, 0.3) is 0 Å². The van der Waals surface area contributed by atoms with E-state index in [1.807, 2.05) is 26.8 Å². The fourth-order valence-electron chi connectivity index (χ4n) is 4.36. The van der Waals surface area contributed by atoms with Crippen molar-refractivity contribution in [1.82, 2.24) is 5.09 Å². The average Bonchev–Trinajstić information content (AvgIpc) is 2.85. The molecule has 36 heavy (non-hydrogen) atoms. The van der Waals surface area contributed by atoms with Crippen LogP contribution in [0.15, 0.2) is 30.3 Å². The lowest BCUT2D eigenvalue weighted by molar-refractivity contribution is -0.149. The van der Waals surface area contributed by atoms with Crippen LogP contribution in [-0.4, -0.2) is 18.1 Å². The van der Waals surface area contributed by atoms with E-state index in [1.54, 1.807) is 45.0 Å². The van der Waals surface area contributed by atoms with Crippen molar-refractivity contribution in [2.75, 3.05) is 0 Å². The van der Waals surface area contributed by atoms with E-state index in [-0.39, 0.29) is 6.10 Å². The summed E-state index contributed by atoms with van der Waals surface area (Å²) in [6.07, 6.45) is 3.06. The molecule has 2 aromatic rings. The molecule has 0 aliphatic heterocycles. The van der Waals surface area contributed by atoms with E-state index in [4.69, 9.17) is 13.8 Å². The molecule has 0 amide bonds. The first kappa shape index (κ1) is 31.7. The summed E-state index contributed by atoms with van der Waals surface area (Å²) in [5.74, 6) is 0.437. The molecule has 2 aromatic carbocycles. The zero-order chi connectivity index (χ0) is 27.5. The fraction of sp³-hybridized carbons (Fsp3) is 0.552. The molecule has 6 nitrogen and oxygen atoms in total. The van der Waals surface area contributed by atoms with Gasteiger partial charge in [0.2, 0.25) is 0 Å². The van der Waals surface area contributed by atoms with Crippen molar-refractivity contribution in [3.63, 3.8) is 0 Å². The lowest BCUT2D eigenvalue weighted by Crippen LogP contribution is -2.37. The first-order valence-corrected chi connectivity index (χ1v) is 14.8. The van der Waals surface area contributed by atoms with Crippen molar-refractivity contribution >= 4 is 13.7 Å². The van der Waals surface area contributed by atoms with Crippen molar-refractivity contribution < 1.29 is 23.1 Å². The Balaban J connectivity index is 0.00000316. The predicted octanol–water partition coefficient (Wildman–Crippen LogP) is 7.77. The average molecular weight is 520 g/mol. The summed E-state index contributed by atoms with van der Waals surface area (Å²) in [6.45, 7) is 19.6. The summed E-state index contributed by atoms with van der Waals surface area (Å²) in [6, 6.07) is 7.94. The Kier molecular flexibility index (Phi) is 13.3. The molecule has 0 radical (unpaired) electrons. The van der Waals surface area contributed by atoms with E-state index in [1.165, 1.54) is 16.7 Å². The molecule has 0 saturated carbocycles. The zero-order valence-electron chi connectivity index (χ0n) is 23.9. The van der Waals surface area contributed by atoms with Crippen LogP contribution in [0, 0.1) is 6.92 Å². The van der Waals surface area contributed by atoms with Gasteiger partial charge in [-0.3, -0.25) is 4.79 Å². The SMILES string of the molecule is CC.CCc1c(C)c(OP(=O)(N[C@@H](C)C(=O)OC(C)C)Oc2ccccc2)c(CC)c(CC)c1CC. The van der Waals surface area contributed by atoms with Crippen molar-refractivity contribution in [1.29, 1.82) is 0 Å². The third-order valence-electron chi connectivity index (χ3n) is 5.81. The van der Waals surface area contributed by atoms with Crippen LogP contribution in [0.2, 0.25) is 0 Å².